The maximum atomic E-state index is 12.9. The Kier molecular flexibility index (Phi) is 13.9. The van der Waals surface area contributed by atoms with E-state index in [0.717, 1.165) is 24.8 Å². The van der Waals surface area contributed by atoms with Gasteiger partial charge in [-0.1, -0.05) is 0 Å². The fourth-order valence-corrected chi connectivity index (χ4v) is 5.48. The van der Waals surface area contributed by atoms with Crippen molar-refractivity contribution in [3.63, 3.8) is 0 Å². The lowest BCUT2D eigenvalue weighted by Gasteiger charge is -2.46. The van der Waals surface area contributed by atoms with Crippen molar-refractivity contribution in [1.82, 2.24) is 27.2 Å². The summed E-state index contributed by atoms with van der Waals surface area (Å²) in [5.74, 6) is -6.04. The Bertz CT molecular complexity index is 1240. The zero-order chi connectivity index (χ0) is 31.6. The number of hydrogen-bond acceptors (Lipinski definition) is 18. The lowest BCUT2D eigenvalue weighted by molar-refractivity contribution is -0.289. The number of aromatic nitrogens is 2. The average molecular weight is 663 g/mol. The summed E-state index contributed by atoms with van der Waals surface area (Å²) in [4.78, 5) is 49.9. The van der Waals surface area contributed by atoms with Crippen molar-refractivity contribution in [1.29, 1.82) is 0 Å². The number of methoxy groups -OCH3 is 1. The highest BCUT2D eigenvalue weighted by molar-refractivity contribution is 7.47. The third kappa shape index (κ3) is 8.52. The molecule has 2 fully saturated rings. The van der Waals surface area contributed by atoms with Crippen LogP contribution < -0.4 is 29.0 Å². The Morgan fingerprint density at radius 1 is 1.30 bits per heavy atom. The molecule has 0 spiro atoms. The van der Waals surface area contributed by atoms with Gasteiger partial charge in [0.25, 0.3) is 5.79 Å². The van der Waals surface area contributed by atoms with Crippen LogP contribution in [-0.4, -0.2) is 132 Å². The van der Waals surface area contributed by atoms with Crippen LogP contribution in [0.5, 0.6) is 0 Å². The lowest BCUT2D eigenvalue weighted by atomic mass is 9.88. The molecule has 1 aromatic rings. The summed E-state index contributed by atoms with van der Waals surface area (Å²) in [6, 6.07) is -0.271. The Morgan fingerprint density at radius 3 is 2.45 bits per heavy atom. The molecule has 254 valence electrons. The van der Waals surface area contributed by atoms with Gasteiger partial charge < -0.3 is 73.1 Å². The van der Waals surface area contributed by atoms with Gasteiger partial charge in [0.05, 0.1) is 25.4 Å². The molecule has 23 heteroatoms. The summed E-state index contributed by atoms with van der Waals surface area (Å²) in [5, 5.41) is 63.8. The molecule has 2 saturated heterocycles. The molecule has 3 rings (SSSR count). The number of carbonyl (C=O) groups is 2. The van der Waals surface area contributed by atoms with Crippen molar-refractivity contribution in [2.75, 3.05) is 26.1 Å². The van der Waals surface area contributed by atoms with E-state index in [0.29, 0.717) is 0 Å². The Labute approximate surface area is 249 Å². The van der Waals surface area contributed by atoms with Gasteiger partial charge in [-0.05, 0) is 6.07 Å². The van der Waals surface area contributed by atoms with E-state index in [2.05, 4.69) is 10.3 Å². The van der Waals surface area contributed by atoms with E-state index in [1.807, 2.05) is 0 Å². The number of phosphoric ester groups is 1. The highest BCUT2D eigenvalue weighted by Crippen LogP contribution is 2.51. The number of aliphatic carboxylic acids is 1. The summed E-state index contributed by atoms with van der Waals surface area (Å²) in [7, 11) is -4.40. The van der Waals surface area contributed by atoms with E-state index in [4.69, 9.17) is 29.0 Å². The van der Waals surface area contributed by atoms with Crippen LogP contribution in [0.3, 0.4) is 0 Å². The first-order chi connectivity index (χ1) is 19.6. The number of ether oxygens (including phenoxy) is 3. The number of amides is 1. The van der Waals surface area contributed by atoms with Gasteiger partial charge in [0.1, 0.15) is 42.4 Å². The number of hydrogen-bond donors (Lipinski definition) is 11. The largest absolute Gasteiger partial charge is 0.477 e. The van der Waals surface area contributed by atoms with Crippen molar-refractivity contribution < 1.29 is 72.9 Å². The van der Waals surface area contributed by atoms with E-state index < -0.39 is 106 Å². The van der Waals surface area contributed by atoms with E-state index in [9.17, 15) is 54.5 Å². The number of nitrogens with zero attached hydrogens (tertiary/aromatic N) is 2. The molecule has 2 aliphatic heterocycles. The number of anilines is 1. The first-order valence-electron chi connectivity index (χ1n) is 12.3. The van der Waals surface area contributed by atoms with Gasteiger partial charge in [0.15, 0.2) is 6.23 Å². The van der Waals surface area contributed by atoms with Crippen molar-refractivity contribution in [2.45, 2.75) is 74.1 Å². The molecule has 0 radical (unpaired) electrons. The quantitative estimate of drug-likeness (QED) is 0.0942. The van der Waals surface area contributed by atoms with Gasteiger partial charge in [-0.3, -0.25) is 13.9 Å². The number of carboxylic acid groups (broad SMARTS) is 1. The second-order valence-electron chi connectivity index (χ2n) is 9.53. The van der Waals surface area contributed by atoms with Gasteiger partial charge in [-0.25, -0.2) is 18.7 Å². The summed E-state index contributed by atoms with van der Waals surface area (Å²) < 4.78 is 39.0. The minimum Gasteiger partial charge on any atom is -0.477 e. The highest BCUT2D eigenvalue weighted by Gasteiger charge is 2.59. The maximum absolute atomic E-state index is 12.9. The summed E-state index contributed by atoms with van der Waals surface area (Å²) in [6.45, 7) is -0.741. The zero-order valence-electron chi connectivity index (χ0n) is 23.6. The minimum absolute atomic E-state index is 0. The van der Waals surface area contributed by atoms with Crippen molar-refractivity contribution in [2.24, 2.45) is 0 Å². The van der Waals surface area contributed by atoms with E-state index in [1.54, 1.807) is 0 Å². The van der Waals surface area contributed by atoms with Crippen LogP contribution in [0, 0.1) is 0 Å². The van der Waals surface area contributed by atoms with Crippen molar-refractivity contribution in [3.05, 3.63) is 22.7 Å². The third-order valence-corrected chi connectivity index (χ3v) is 7.60. The monoisotopic (exact) mass is 662 g/mol. The van der Waals surface area contributed by atoms with E-state index in [1.165, 1.54) is 6.07 Å². The molecule has 0 aliphatic carbocycles. The molecule has 3 heterocycles. The van der Waals surface area contributed by atoms with E-state index >= 15 is 0 Å². The Morgan fingerprint density at radius 2 is 1.93 bits per heavy atom. The lowest BCUT2D eigenvalue weighted by Crippen LogP contribution is -2.67. The number of carboxylic acids is 1. The highest BCUT2D eigenvalue weighted by atomic mass is 31.2. The molecule has 2 aliphatic rings. The molecule has 1 amide bonds. The molecule has 16 N–H and O–H groups in total. The Balaban J connectivity index is 0.00000484. The number of carbonyl (C=O) groups excluding carboxylic acids is 1. The van der Waals surface area contributed by atoms with Crippen LogP contribution in [0.25, 0.3) is 0 Å². The van der Waals surface area contributed by atoms with Gasteiger partial charge >= 0.3 is 19.5 Å². The SMILES string of the molecule is CO[C@H](CO)[C@@H](O)[C@@H]1O[C@](OP(=O)(O)OC[C@H]2O[C@@H](n3ccc(N)nc3=O)[C@H](O)[C@@H]2O)(C(=O)O)C[C@H](O)[C@H]1NC(C)=O.N.N. The molecule has 0 saturated carbocycles. The fourth-order valence-electron chi connectivity index (χ4n) is 4.52. The topological polar surface area (TPSA) is 382 Å². The van der Waals surface area contributed by atoms with E-state index in [-0.39, 0.29) is 18.1 Å². The second kappa shape index (κ2) is 15.6. The molecule has 22 nitrogen and oxygen atoms in total. The van der Waals surface area contributed by atoms with Crippen LogP contribution in [0.1, 0.15) is 19.6 Å². The molecule has 11 atom stereocenters. The fraction of sp³-hybridized carbons (Fsp3) is 0.714. The smallest absolute Gasteiger partial charge is 0.475 e. The maximum Gasteiger partial charge on any atom is 0.475 e. The first kappa shape index (κ1) is 39.4. The average Bonchev–Trinajstić information content (AvgIpc) is 3.17. The standard InChI is InChI=1S/C21H33N4O16P.2H3N/c1-8(27)23-13-9(28)5-21(19(32)33,40-17(13)15(30)10(6-26)37-2)41-42(35,36)38-7-11-14(29)16(31)18(39-11)25-4-3-12(22)24-20(25)34;;/h3-4,9-11,13-18,26,28-31H,5-7H2,1-2H3,(H,23,27)(H,32,33)(H,35,36)(H2,22,24,34);2*1H3/t9-,10+,11+,13+,14+,15+,16+,17+,18+,21+;;/m0../s1. The van der Waals surface area contributed by atoms with Crippen molar-refractivity contribution in [3.8, 4) is 0 Å². The van der Waals surface area contributed by atoms with Crippen LogP contribution in [-0.2, 0) is 37.4 Å². The normalized spacial score (nSPS) is 32.8. The summed E-state index contributed by atoms with van der Waals surface area (Å²) in [6.07, 6.45) is -13.5. The van der Waals surface area contributed by atoms with Crippen LogP contribution in [0.4, 0.5) is 5.82 Å². The van der Waals surface area contributed by atoms with Crippen LogP contribution in [0.15, 0.2) is 17.1 Å². The van der Waals surface area contributed by atoms with Gasteiger partial charge in [-0.15, -0.1) is 0 Å². The van der Waals surface area contributed by atoms with Crippen LogP contribution in [0.2, 0.25) is 0 Å². The van der Waals surface area contributed by atoms with Crippen molar-refractivity contribution >= 4 is 25.5 Å². The Hall–Kier alpha value is -2.67. The van der Waals surface area contributed by atoms with Gasteiger partial charge in [0, 0.05) is 26.7 Å². The first-order valence-corrected chi connectivity index (χ1v) is 13.8. The molecule has 0 aromatic carbocycles. The minimum atomic E-state index is -5.49. The third-order valence-electron chi connectivity index (χ3n) is 6.60. The number of aliphatic hydroxyl groups is 5. The number of aliphatic hydroxyl groups excluding tert-OH is 5. The second-order valence-corrected chi connectivity index (χ2v) is 10.9. The summed E-state index contributed by atoms with van der Waals surface area (Å²) >= 11 is 0. The number of nitrogens with two attached hydrogens (primary N) is 1. The number of nitrogens with one attached hydrogen (secondary N) is 1. The summed E-state index contributed by atoms with van der Waals surface area (Å²) in [5.41, 5.74) is 4.49. The predicted molar refractivity (Wildman–Crippen MR) is 143 cm³/mol. The number of rotatable bonds is 12. The predicted octanol–water partition coefficient (Wildman–Crippen LogP) is -4.29. The molecular weight excluding hydrogens is 623 g/mol. The van der Waals surface area contributed by atoms with Crippen LogP contribution >= 0.6 is 7.82 Å². The number of phosphoric acid groups is 1. The van der Waals surface area contributed by atoms with Gasteiger partial charge in [-0.2, -0.15) is 4.98 Å². The zero-order valence-corrected chi connectivity index (χ0v) is 24.5. The molecule has 0 bridgehead atoms. The molecular formula is C21H39N6O16P. The molecule has 44 heavy (non-hydrogen) atoms. The molecule has 1 unspecified atom stereocenters. The number of nitrogen functional groups attached to an aromatic ring is 1. The molecule has 1 aromatic heterocycles. The van der Waals surface area contributed by atoms with Gasteiger partial charge in [0.2, 0.25) is 5.91 Å².